The van der Waals surface area contributed by atoms with Gasteiger partial charge in [-0.25, -0.2) is 8.42 Å². The number of nitrogens with one attached hydrogen (secondary N) is 1. The number of sulfonamides is 1. The molecule has 1 unspecified atom stereocenters. The van der Waals surface area contributed by atoms with Gasteiger partial charge in [-0.15, -0.1) is 0 Å². The van der Waals surface area contributed by atoms with Gasteiger partial charge in [0.2, 0.25) is 10.0 Å². The molecule has 0 spiro atoms. The fourth-order valence-corrected chi connectivity index (χ4v) is 4.78. The van der Waals surface area contributed by atoms with Crippen LogP contribution in [0.2, 0.25) is 0 Å². The van der Waals surface area contributed by atoms with Crippen LogP contribution in [-0.2, 0) is 25.3 Å². The van der Waals surface area contributed by atoms with Gasteiger partial charge in [0.1, 0.15) is 6.04 Å². The Kier molecular flexibility index (Phi) is 8.39. The van der Waals surface area contributed by atoms with Crippen molar-refractivity contribution in [1.29, 1.82) is 0 Å². The molecule has 0 amide bonds. The highest BCUT2D eigenvalue weighted by Crippen LogP contribution is 2.16. The first-order valence-corrected chi connectivity index (χ1v) is 11.7. The Morgan fingerprint density at radius 3 is 2.42 bits per heavy atom. The van der Waals surface area contributed by atoms with Crippen molar-refractivity contribution < 1.29 is 17.9 Å². The van der Waals surface area contributed by atoms with Crippen LogP contribution in [0.25, 0.3) is 0 Å². The molecular formula is C18H20INO4S2. The van der Waals surface area contributed by atoms with Crippen LogP contribution in [0.15, 0.2) is 59.5 Å². The molecule has 0 radical (unpaired) electrons. The first kappa shape index (κ1) is 21.2. The highest BCUT2D eigenvalue weighted by Gasteiger charge is 2.26. The maximum Gasteiger partial charge on any atom is 0.325 e. The van der Waals surface area contributed by atoms with Crippen molar-refractivity contribution in [3.63, 3.8) is 0 Å². The van der Waals surface area contributed by atoms with E-state index < -0.39 is 22.0 Å². The largest absolute Gasteiger partial charge is 0.465 e. The lowest BCUT2D eigenvalue weighted by molar-refractivity contribution is -0.144. The number of benzene rings is 2. The molecule has 0 saturated carbocycles. The summed E-state index contributed by atoms with van der Waals surface area (Å²) in [6.45, 7) is 1.89. The first-order valence-electron chi connectivity index (χ1n) is 7.98. The molecule has 8 heteroatoms. The summed E-state index contributed by atoms with van der Waals surface area (Å²) in [6.07, 6.45) is 0. The van der Waals surface area contributed by atoms with Gasteiger partial charge in [-0.3, -0.25) is 4.79 Å². The second kappa shape index (κ2) is 10.3. The topological polar surface area (TPSA) is 72.5 Å². The van der Waals surface area contributed by atoms with E-state index in [2.05, 4.69) is 27.3 Å². The van der Waals surface area contributed by atoms with Crippen LogP contribution >= 0.6 is 34.4 Å². The maximum atomic E-state index is 12.6. The minimum absolute atomic E-state index is 0.125. The summed E-state index contributed by atoms with van der Waals surface area (Å²) >= 11 is 3.58. The minimum atomic E-state index is -3.80. The molecule has 1 N–H and O–H groups in total. The second-order valence-electron chi connectivity index (χ2n) is 5.38. The predicted octanol–water partition coefficient (Wildman–Crippen LogP) is 3.43. The molecule has 2 aromatic rings. The van der Waals surface area contributed by atoms with Gasteiger partial charge in [-0.1, -0.05) is 30.3 Å². The normalized spacial score (nSPS) is 12.5. The van der Waals surface area contributed by atoms with E-state index in [4.69, 9.17) is 4.74 Å². The van der Waals surface area contributed by atoms with Gasteiger partial charge in [-0.05, 0) is 59.3 Å². The third kappa shape index (κ3) is 6.57. The molecule has 5 nitrogen and oxygen atoms in total. The molecule has 2 rings (SSSR count). The van der Waals surface area contributed by atoms with Crippen LogP contribution in [-0.4, -0.2) is 32.8 Å². The lowest BCUT2D eigenvalue weighted by atomic mass is 10.2. The van der Waals surface area contributed by atoms with E-state index in [1.807, 2.05) is 30.3 Å². The molecule has 0 fully saturated rings. The molecule has 1 atom stereocenters. The Bertz CT molecular complexity index is 811. The van der Waals surface area contributed by atoms with E-state index in [0.717, 1.165) is 9.13 Å². The number of ether oxygens (including phenoxy) is 1. The summed E-state index contributed by atoms with van der Waals surface area (Å²) in [7, 11) is -3.80. The third-order valence-electron chi connectivity index (χ3n) is 3.39. The minimum Gasteiger partial charge on any atom is -0.465 e. The second-order valence-corrected chi connectivity index (χ2v) is 9.37. The van der Waals surface area contributed by atoms with Crippen molar-refractivity contribution >= 4 is 50.3 Å². The number of hydrogen-bond donors (Lipinski definition) is 1. The lowest BCUT2D eigenvalue weighted by Gasteiger charge is -2.17. The van der Waals surface area contributed by atoms with Gasteiger partial charge in [0, 0.05) is 15.1 Å². The Morgan fingerprint density at radius 2 is 1.81 bits per heavy atom. The van der Waals surface area contributed by atoms with Gasteiger partial charge < -0.3 is 4.74 Å². The summed E-state index contributed by atoms with van der Waals surface area (Å²) in [6, 6.07) is 15.3. The quantitative estimate of drug-likeness (QED) is 0.418. The van der Waals surface area contributed by atoms with E-state index >= 15 is 0 Å². The summed E-state index contributed by atoms with van der Waals surface area (Å²) in [4.78, 5) is 12.3. The number of hydrogen-bond acceptors (Lipinski definition) is 5. The maximum absolute atomic E-state index is 12.6. The number of thioether (sulfide) groups is 1. The van der Waals surface area contributed by atoms with E-state index in [1.165, 1.54) is 23.9 Å². The van der Waals surface area contributed by atoms with Crippen molar-refractivity contribution in [1.82, 2.24) is 4.72 Å². The molecule has 0 aliphatic rings. The monoisotopic (exact) mass is 505 g/mol. The summed E-state index contributed by atoms with van der Waals surface area (Å²) < 4.78 is 33.6. The fraction of sp³-hybridized carbons (Fsp3) is 0.278. The molecule has 0 bridgehead atoms. The average Bonchev–Trinajstić information content (AvgIpc) is 2.62. The van der Waals surface area contributed by atoms with Gasteiger partial charge in [0.15, 0.2) is 0 Å². The molecule has 0 aromatic heterocycles. The van der Waals surface area contributed by atoms with Crippen molar-refractivity contribution in [2.75, 3.05) is 12.4 Å². The molecule has 26 heavy (non-hydrogen) atoms. The van der Waals surface area contributed by atoms with E-state index in [9.17, 15) is 13.2 Å². The third-order valence-corrected chi connectivity index (χ3v) is 6.70. The van der Waals surface area contributed by atoms with E-state index in [-0.39, 0.29) is 17.3 Å². The zero-order valence-electron chi connectivity index (χ0n) is 14.2. The fourth-order valence-electron chi connectivity index (χ4n) is 2.13. The molecule has 140 valence electrons. The standard InChI is InChI=1S/C18H20INO4S2/c1-2-24-18(21)17(13-25-12-14-6-4-3-5-7-14)20-26(22,23)16-10-8-15(19)9-11-16/h3-11,17,20H,2,12-13H2,1H3. The lowest BCUT2D eigenvalue weighted by Crippen LogP contribution is -2.43. The average molecular weight is 505 g/mol. The van der Waals surface area contributed by atoms with Gasteiger partial charge in [0.05, 0.1) is 11.5 Å². The number of rotatable bonds is 9. The van der Waals surface area contributed by atoms with E-state index in [0.29, 0.717) is 5.75 Å². The van der Waals surface area contributed by atoms with Crippen LogP contribution in [0.3, 0.4) is 0 Å². The number of halogens is 1. The van der Waals surface area contributed by atoms with Crippen molar-refractivity contribution in [3.8, 4) is 0 Å². The summed E-state index contributed by atoms with van der Waals surface area (Å²) in [5.74, 6) is 0.404. The molecule has 0 heterocycles. The van der Waals surface area contributed by atoms with Crippen LogP contribution in [0, 0.1) is 3.57 Å². The van der Waals surface area contributed by atoms with Crippen LogP contribution in [0.1, 0.15) is 12.5 Å². The Morgan fingerprint density at radius 1 is 1.15 bits per heavy atom. The SMILES string of the molecule is CCOC(=O)C(CSCc1ccccc1)NS(=O)(=O)c1ccc(I)cc1. The highest BCUT2D eigenvalue weighted by atomic mass is 127. The highest BCUT2D eigenvalue weighted by molar-refractivity contribution is 14.1. The Hall–Kier alpha value is -1.10. The molecule has 2 aromatic carbocycles. The van der Waals surface area contributed by atoms with Crippen LogP contribution < -0.4 is 4.72 Å². The van der Waals surface area contributed by atoms with Crippen molar-refractivity contribution in [2.24, 2.45) is 0 Å². The van der Waals surface area contributed by atoms with Crippen LogP contribution in [0.4, 0.5) is 0 Å². The molecule has 0 saturated heterocycles. The summed E-state index contributed by atoms with van der Waals surface area (Å²) in [5, 5.41) is 0. The number of carbonyl (C=O) groups excluding carboxylic acids is 1. The van der Waals surface area contributed by atoms with Gasteiger partial charge >= 0.3 is 5.97 Å². The molecule has 0 aliphatic carbocycles. The number of esters is 1. The molecular weight excluding hydrogens is 485 g/mol. The smallest absolute Gasteiger partial charge is 0.325 e. The Balaban J connectivity index is 2.06. The Labute approximate surface area is 172 Å². The van der Waals surface area contributed by atoms with Crippen molar-refractivity contribution in [2.45, 2.75) is 23.6 Å². The van der Waals surface area contributed by atoms with Gasteiger partial charge in [0.25, 0.3) is 0 Å². The van der Waals surface area contributed by atoms with Gasteiger partial charge in [-0.2, -0.15) is 16.5 Å². The predicted molar refractivity (Wildman–Crippen MR) is 113 cm³/mol. The van der Waals surface area contributed by atoms with Crippen molar-refractivity contribution in [3.05, 3.63) is 63.7 Å². The first-order chi connectivity index (χ1) is 12.4. The van der Waals surface area contributed by atoms with Crippen LogP contribution in [0.5, 0.6) is 0 Å². The summed E-state index contributed by atoms with van der Waals surface area (Å²) in [5.41, 5.74) is 1.11. The zero-order chi connectivity index (χ0) is 19.0. The zero-order valence-corrected chi connectivity index (χ0v) is 18.0. The number of carbonyl (C=O) groups is 1. The molecule has 0 aliphatic heterocycles. The van der Waals surface area contributed by atoms with E-state index in [1.54, 1.807) is 19.1 Å².